The molecule has 0 atom stereocenters. The van der Waals surface area contributed by atoms with E-state index in [-0.39, 0.29) is 21.3 Å². The minimum Gasteiger partial charge on any atom is -0.492 e. The van der Waals surface area contributed by atoms with Gasteiger partial charge >= 0.3 is 5.97 Å². The molecule has 1 heterocycles. The summed E-state index contributed by atoms with van der Waals surface area (Å²) in [4.78, 5) is 38.6. The maximum Gasteiger partial charge on any atom is 0.341 e. The minimum atomic E-state index is -0.632. The number of aryl methyl sites for hydroxylation is 1. The Balaban J connectivity index is 1.95. The Hall–Kier alpha value is -3.65. The van der Waals surface area contributed by atoms with Crippen molar-refractivity contribution >= 4 is 39.8 Å². The van der Waals surface area contributed by atoms with Gasteiger partial charge in [0.05, 0.1) is 29.8 Å². The van der Waals surface area contributed by atoms with Crippen LogP contribution >= 0.6 is 11.3 Å². The van der Waals surface area contributed by atoms with Gasteiger partial charge in [0.1, 0.15) is 10.8 Å². The Morgan fingerprint density at radius 1 is 0.938 bits per heavy atom. The van der Waals surface area contributed by atoms with Crippen molar-refractivity contribution in [1.29, 1.82) is 0 Å². The zero-order valence-electron chi connectivity index (χ0n) is 18.3. The van der Waals surface area contributed by atoms with Gasteiger partial charge < -0.3 is 20.1 Å². The lowest BCUT2D eigenvalue weighted by Crippen LogP contribution is -2.15. The van der Waals surface area contributed by atoms with Crippen LogP contribution in [0.3, 0.4) is 0 Å². The smallest absolute Gasteiger partial charge is 0.341 e. The molecule has 0 aliphatic rings. The molecule has 2 N–H and O–H groups in total. The standard InChI is InChI=1S/C24H24N2O5S/c1-5-31-18-13-9-8-12-17(18)25-22(28)20-15(3)19(24(29)30-4)23(32-20)26-21(27)16-11-7-6-10-14(16)2/h6-13H,5H2,1-4H3,(H,25,28)(H,26,27). The molecule has 3 rings (SSSR count). The van der Waals surface area contributed by atoms with Crippen molar-refractivity contribution < 1.29 is 23.9 Å². The number of amides is 2. The summed E-state index contributed by atoms with van der Waals surface area (Å²) in [6.45, 7) is 5.78. The van der Waals surface area contributed by atoms with Crippen molar-refractivity contribution in [3.8, 4) is 5.75 Å². The Morgan fingerprint density at radius 3 is 2.31 bits per heavy atom. The second kappa shape index (κ2) is 10.1. The number of thiophene rings is 1. The number of rotatable bonds is 7. The van der Waals surface area contributed by atoms with Gasteiger partial charge in [0.25, 0.3) is 11.8 Å². The lowest BCUT2D eigenvalue weighted by Gasteiger charge is -2.11. The molecule has 32 heavy (non-hydrogen) atoms. The summed E-state index contributed by atoms with van der Waals surface area (Å²) < 4.78 is 10.5. The summed E-state index contributed by atoms with van der Waals surface area (Å²) in [5, 5.41) is 5.85. The number of ether oxygens (including phenoxy) is 2. The van der Waals surface area contributed by atoms with E-state index in [2.05, 4.69) is 10.6 Å². The first kappa shape index (κ1) is 23.0. The highest BCUT2D eigenvalue weighted by Crippen LogP contribution is 2.35. The van der Waals surface area contributed by atoms with Crippen molar-refractivity contribution in [2.24, 2.45) is 0 Å². The minimum absolute atomic E-state index is 0.155. The molecule has 0 aliphatic carbocycles. The predicted molar refractivity (Wildman–Crippen MR) is 125 cm³/mol. The van der Waals surface area contributed by atoms with E-state index in [0.717, 1.165) is 16.9 Å². The fourth-order valence-electron chi connectivity index (χ4n) is 3.19. The fourth-order valence-corrected chi connectivity index (χ4v) is 4.28. The van der Waals surface area contributed by atoms with Crippen LogP contribution in [-0.2, 0) is 4.74 Å². The maximum absolute atomic E-state index is 13.1. The van der Waals surface area contributed by atoms with Crippen molar-refractivity contribution in [2.45, 2.75) is 20.8 Å². The number of anilines is 2. The van der Waals surface area contributed by atoms with Crippen LogP contribution in [0, 0.1) is 13.8 Å². The predicted octanol–water partition coefficient (Wildman–Crippen LogP) is 5.05. The highest BCUT2D eigenvalue weighted by Gasteiger charge is 2.27. The summed E-state index contributed by atoms with van der Waals surface area (Å²) in [7, 11) is 1.25. The van der Waals surface area contributed by atoms with E-state index in [4.69, 9.17) is 9.47 Å². The summed E-state index contributed by atoms with van der Waals surface area (Å²) in [5.74, 6) is -0.879. The molecule has 0 radical (unpaired) electrons. The molecule has 2 amide bonds. The quantitative estimate of drug-likeness (QED) is 0.489. The summed E-state index contributed by atoms with van der Waals surface area (Å²) in [5.41, 5.74) is 2.36. The lowest BCUT2D eigenvalue weighted by molar-refractivity contribution is 0.0601. The highest BCUT2D eigenvalue weighted by atomic mass is 32.1. The molecular weight excluding hydrogens is 428 g/mol. The number of nitrogens with one attached hydrogen (secondary N) is 2. The Morgan fingerprint density at radius 2 is 1.62 bits per heavy atom. The molecule has 0 saturated heterocycles. The number of para-hydroxylation sites is 2. The molecule has 1 aromatic heterocycles. The van der Waals surface area contributed by atoms with Crippen molar-refractivity contribution in [3.63, 3.8) is 0 Å². The third-order valence-corrected chi connectivity index (χ3v) is 6.00. The van der Waals surface area contributed by atoms with Gasteiger partial charge in [0.2, 0.25) is 0 Å². The molecule has 3 aromatic rings. The van der Waals surface area contributed by atoms with Gasteiger partial charge in [-0.2, -0.15) is 0 Å². The van der Waals surface area contributed by atoms with E-state index in [1.54, 1.807) is 37.3 Å². The van der Waals surface area contributed by atoms with E-state index in [0.29, 0.717) is 29.2 Å². The van der Waals surface area contributed by atoms with Gasteiger partial charge in [-0.3, -0.25) is 9.59 Å². The second-order valence-corrected chi connectivity index (χ2v) is 7.92. The number of esters is 1. The van der Waals surface area contributed by atoms with E-state index in [1.807, 2.05) is 32.0 Å². The maximum atomic E-state index is 13.1. The first-order chi connectivity index (χ1) is 15.4. The van der Waals surface area contributed by atoms with Gasteiger partial charge in [0, 0.05) is 5.56 Å². The zero-order valence-corrected chi connectivity index (χ0v) is 19.1. The number of hydrogen-bond acceptors (Lipinski definition) is 6. The van der Waals surface area contributed by atoms with Crippen LogP contribution in [0.15, 0.2) is 48.5 Å². The average molecular weight is 453 g/mol. The van der Waals surface area contributed by atoms with Crippen LogP contribution in [0.5, 0.6) is 5.75 Å². The van der Waals surface area contributed by atoms with E-state index >= 15 is 0 Å². The molecule has 0 bridgehead atoms. The van der Waals surface area contributed by atoms with Crippen molar-refractivity contribution in [1.82, 2.24) is 0 Å². The number of methoxy groups -OCH3 is 1. The van der Waals surface area contributed by atoms with Gasteiger partial charge in [-0.05, 0) is 50.1 Å². The summed E-state index contributed by atoms with van der Waals surface area (Å²) in [6, 6.07) is 14.2. The Bertz CT molecular complexity index is 1170. The fraction of sp³-hybridized carbons (Fsp3) is 0.208. The Labute approximate surface area is 190 Å². The van der Waals surface area contributed by atoms with Gasteiger partial charge in [-0.1, -0.05) is 30.3 Å². The molecule has 0 saturated carbocycles. The van der Waals surface area contributed by atoms with Crippen LogP contribution in [-0.4, -0.2) is 31.5 Å². The number of carbonyl (C=O) groups excluding carboxylic acids is 3. The monoisotopic (exact) mass is 452 g/mol. The second-order valence-electron chi connectivity index (χ2n) is 6.90. The van der Waals surface area contributed by atoms with E-state index < -0.39 is 11.9 Å². The lowest BCUT2D eigenvalue weighted by atomic mass is 10.1. The van der Waals surface area contributed by atoms with Gasteiger partial charge in [-0.25, -0.2) is 4.79 Å². The molecule has 7 nitrogen and oxygen atoms in total. The first-order valence-corrected chi connectivity index (χ1v) is 10.8. The number of carbonyl (C=O) groups is 3. The van der Waals surface area contributed by atoms with Crippen LogP contribution < -0.4 is 15.4 Å². The summed E-state index contributed by atoms with van der Waals surface area (Å²) >= 11 is 1.02. The molecule has 0 fully saturated rings. The zero-order chi connectivity index (χ0) is 23.3. The third-order valence-electron chi connectivity index (χ3n) is 4.79. The van der Waals surface area contributed by atoms with Crippen LogP contribution in [0.2, 0.25) is 0 Å². The first-order valence-electron chi connectivity index (χ1n) is 9.99. The average Bonchev–Trinajstić information content (AvgIpc) is 3.10. The molecule has 8 heteroatoms. The molecule has 0 aliphatic heterocycles. The molecule has 0 spiro atoms. The number of benzene rings is 2. The number of hydrogen-bond donors (Lipinski definition) is 2. The van der Waals surface area contributed by atoms with Crippen molar-refractivity contribution in [3.05, 3.63) is 75.7 Å². The van der Waals surface area contributed by atoms with Crippen LogP contribution in [0.25, 0.3) is 0 Å². The van der Waals surface area contributed by atoms with E-state index in [9.17, 15) is 14.4 Å². The van der Waals surface area contributed by atoms with Gasteiger partial charge in [-0.15, -0.1) is 11.3 Å². The molecule has 0 unspecified atom stereocenters. The molecule has 166 valence electrons. The molecular formula is C24H24N2O5S. The Kier molecular flexibility index (Phi) is 7.27. The van der Waals surface area contributed by atoms with Crippen LogP contribution in [0.1, 0.15) is 48.4 Å². The highest BCUT2D eigenvalue weighted by molar-refractivity contribution is 7.19. The van der Waals surface area contributed by atoms with Gasteiger partial charge in [0.15, 0.2) is 0 Å². The van der Waals surface area contributed by atoms with Crippen molar-refractivity contribution in [2.75, 3.05) is 24.4 Å². The molecule has 2 aromatic carbocycles. The van der Waals surface area contributed by atoms with Crippen LogP contribution in [0.4, 0.5) is 10.7 Å². The SMILES string of the molecule is CCOc1ccccc1NC(=O)c1sc(NC(=O)c2ccccc2C)c(C(=O)OC)c1C. The normalized spacial score (nSPS) is 10.4. The topological polar surface area (TPSA) is 93.7 Å². The van der Waals surface area contributed by atoms with E-state index in [1.165, 1.54) is 7.11 Å². The third kappa shape index (κ3) is 4.81. The summed E-state index contributed by atoms with van der Waals surface area (Å²) in [6.07, 6.45) is 0. The largest absolute Gasteiger partial charge is 0.492 e.